The molecule has 0 saturated heterocycles. The van der Waals surface area contributed by atoms with Crippen LogP contribution in [0.25, 0.3) is 0 Å². The maximum Gasteiger partial charge on any atom is 0.315 e. The highest BCUT2D eigenvalue weighted by Crippen LogP contribution is 2.04. The number of hydrogen-bond donors (Lipinski definition) is 3. The average molecular weight is 302 g/mol. The summed E-state index contributed by atoms with van der Waals surface area (Å²) in [5, 5.41) is 14.4. The van der Waals surface area contributed by atoms with Crippen molar-refractivity contribution in [3.63, 3.8) is 0 Å². The summed E-state index contributed by atoms with van der Waals surface area (Å²) in [5.41, 5.74) is 2.64. The molecule has 0 atom stereocenters. The van der Waals surface area contributed by atoms with E-state index in [9.17, 15) is 9.18 Å². The summed E-state index contributed by atoms with van der Waals surface area (Å²) in [6.45, 7) is 0.866. The molecule has 22 heavy (non-hydrogen) atoms. The van der Waals surface area contributed by atoms with Gasteiger partial charge in [-0.3, -0.25) is 0 Å². The summed E-state index contributed by atoms with van der Waals surface area (Å²) in [7, 11) is 0. The molecule has 2 aromatic carbocycles. The van der Waals surface area contributed by atoms with E-state index in [1.54, 1.807) is 6.07 Å². The smallest absolute Gasteiger partial charge is 0.315 e. The Kier molecular flexibility index (Phi) is 5.91. The van der Waals surface area contributed by atoms with E-state index < -0.39 is 0 Å². The third-order valence-electron chi connectivity index (χ3n) is 3.25. The molecule has 0 radical (unpaired) electrons. The molecule has 0 aliphatic carbocycles. The van der Waals surface area contributed by atoms with Crippen molar-refractivity contribution in [1.82, 2.24) is 10.6 Å². The summed E-state index contributed by atoms with van der Waals surface area (Å²) < 4.78 is 13.0. The Balaban J connectivity index is 1.69. The predicted octanol–water partition coefficient (Wildman–Crippen LogP) is 2.36. The van der Waals surface area contributed by atoms with Crippen LogP contribution in [0.2, 0.25) is 0 Å². The zero-order valence-corrected chi connectivity index (χ0v) is 12.2. The number of hydrogen-bond acceptors (Lipinski definition) is 2. The van der Waals surface area contributed by atoms with Crippen molar-refractivity contribution < 1.29 is 14.3 Å². The summed E-state index contributed by atoms with van der Waals surface area (Å²) in [6.07, 6.45) is 0.580. The fourth-order valence-electron chi connectivity index (χ4n) is 2.02. The Labute approximate surface area is 129 Å². The Bertz CT molecular complexity index is 614. The third kappa shape index (κ3) is 5.18. The number of amides is 2. The lowest BCUT2D eigenvalue weighted by molar-refractivity contribution is 0.240. The largest absolute Gasteiger partial charge is 0.392 e. The fourth-order valence-corrected chi connectivity index (χ4v) is 2.02. The zero-order valence-electron chi connectivity index (χ0n) is 12.2. The second-order valence-electron chi connectivity index (χ2n) is 4.96. The van der Waals surface area contributed by atoms with Gasteiger partial charge in [-0.25, -0.2) is 9.18 Å². The molecule has 2 aromatic rings. The van der Waals surface area contributed by atoms with Crippen LogP contribution in [0.1, 0.15) is 16.7 Å². The summed E-state index contributed by atoms with van der Waals surface area (Å²) in [5.74, 6) is -0.270. The average Bonchev–Trinajstić information content (AvgIpc) is 2.53. The molecular weight excluding hydrogens is 283 g/mol. The first-order valence-electron chi connectivity index (χ1n) is 7.12. The van der Waals surface area contributed by atoms with E-state index in [1.807, 2.05) is 30.3 Å². The van der Waals surface area contributed by atoms with Crippen LogP contribution in [0.15, 0.2) is 48.5 Å². The molecular formula is C17H19FN2O2. The summed E-state index contributed by atoms with van der Waals surface area (Å²) in [6, 6.07) is 13.4. The lowest BCUT2D eigenvalue weighted by Crippen LogP contribution is -2.36. The normalized spacial score (nSPS) is 10.3. The van der Waals surface area contributed by atoms with Gasteiger partial charge in [-0.1, -0.05) is 36.4 Å². The number of aliphatic hydroxyl groups excluding tert-OH is 1. The summed E-state index contributed by atoms with van der Waals surface area (Å²) in [4.78, 5) is 11.7. The minimum absolute atomic E-state index is 0.00821. The molecule has 0 fully saturated rings. The van der Waals surface area contributed by atoms with Gasteiger partial charge in [0.05, 0.1) is 6.61 Å². The third-order valence-corrected chi connectivity index (χ3v) is 3.25. The molecule has 2 amide bonds. The quantitative estimate of drug-likeness (QED) is 0.767. The molecule has 0 bridgehead atoms. The van der Waals surface area contributed by atoms with Crippen molar-refractivity contribution in [3.05, 3.63) is 71.0 Å². The van der Waals surface area contributed by atoms with E-state index in [0.29, 0.717) is 19.5 Å². The maximum atomic E-state index is 13.0. The van der Waals surface area contributed by atoms with Gasteiger partial charge in [0.25, 0.3) is 0 Å². The fraction of sp³-hybridized carbons (Fsp3) is 0.235. The van der Waals surface area contributed by atoms with Gasteiger partial charge >= 0.3 is 6.03 Å². The Morgan fingerprint density at radius 3 is 2.41 bits per heavy atom. The van der Waals surface area contributed by atoms with Gasteiger partial charge in [-0.15, -0.1) is 0 Å². The molecule has 0 spiro atoms. The first-order chi connectivity index (χ1) is 10.7. The number of benzene rings is 2. The highest BCUT2D eigenvalue weighted by molar-refractivity contribution is 5.73. The molecule has 0 heterocycles. The standard InChI is InChI=1S/C17H19FN2O2/c18-16-3-1-2-13(10-16)8-9-19-17(22)20-11-14-4-6-15(12-21)7-5-14/h1-7,10,21H,8-9,11-12H2,(H2,19,20,22). The van der Waals surface area contributed by atoms with E-state index in [0.717, 1.165) is 16.7 Å². The van der Waals surface area contributed by atoms with Crippen LogP contribution >= 0.6 is 0 Å². The van der Waals surface area contributed by atoms with E-state index >= 15 is 0 Å². The van der Waals surface area contributed by atoms with Gasteiger partial charge in [-0.05, 0) is 35.2 Å². The molecule has 116 valence electrons. The van der Waals surface area contributed by atoms with Crippen LogP contribution in [-0.2, 0) is 19.6 Å². The molecule has 5 heteroatoms. The van der Waals surface area contributed by atoms with Gasteiger partial charge in [0.1, 0.15) is 5.82 Å². The highest BCUT2D eigenvalue weighted by atomic mass is 19.1. The Morgan fingerprint density at radius 2 is 1.73 bits per heavy atom. The van der Waals surface area contributed by atoms with E-state index in [2.05, 4.69) is 10.6 Å². The summed E-state index contributed by atoms with van der Waals surface area (Å²) >= 11 is 0. The van der Waals surface area contributed by atoms with Crippen LogP contribution in [0.4, 0.5) is 9.18 Å². The van der Waals surface area contributed by atoms with Crippen LogP contribution in [0, 0.1) is 5.82 Å². The van der Waals surface area contributed by atoms with Gasteiger partial charge in [0, 0.05) is 13.1 Å². The lowest BCUT2D eigenvalue weighted by Gasteiger charge is -2.08. The maximum absolute atomic E-state index is 13.0. The number of rotatable bonds is 6. The molecule has 4 nitrogen and oxygen atoms in total. The van der Waals surface area contributed by atoms with Crippen LogP contribution < -0.4 is 10.6 Å². The highest BCUT2D eigenvalue weighted by Gasteiger charge is 2.01. The second-order valence-corrected chi connectivity index (χ2v) is 4.96. The van der Waals surface area contributed by atoms with Crippen molar-refractivity contribution in [2.45, 2.75) is 19.6 Å². The number of carbonyl (C=O) groups is 1. The minimum atomic E-state index is -0.270. The number of urea groups is 1. The molecule has 0 saturated carbocycles. The van der Waals surface area contributed by atoms with E-state index in [1.165, 1.54) is 12.1 Å². The van der Waals surface area contributed by atoms with Crippen molar-refractivity contribution >= 4 is 6.03 Å². The zero-order chi connectivity index (χ0) is 15.8. The number of carbonyl (C=O) groups excluding carboxylic acids is 1. The van der Waals surface area contributed by atoms with E-state index in [-0.39, 0.29) is 18.5 Å². The van der Waals surface area contributed by atoms with Gasteiger partial charge in [0.2, 0.25) is 0 Å². The molecule has 0 unspecified atom stereocenters. The minimum Gasteiger partial charge on any atom is -0.392 e. The Morgan fingerprint density at radius 1 is 1.00 bits per heavy atom. The van der Waals surface area contributed by atoms with Crippen LogP contribution in [-0.4, -0.2) is 17.7 Å². The molecule has 0 aromatic heterocycles. The first-order valence-corrected chi connectivity index (χ1v) is 7.12. The van der Waals surface area contributed by atoms with Crippen molar-refractivity contribution in [2.24, 2.45) is 0 Å². The predicted molar refractivity (Wildman–Crippen MR) is 82.7 cm³/mol. The monoisotopic (exact) mass is 302 g/mol. The molecule has 3 N–H and O–H groups in total. The molecule has 2 rings (SSSR count). The van der Waals surface area contributed by atoms with Crippen molar-refractivity contribution in [2.75, 3.05) is 6.54 Å². The van der Waals surface area contributed by atoms with Gasteiger partial charge in [-0.2, -0.15) is 0 Å². The molecule has 0 aliphatic heterocycles. The second kappa shape index (κ2) is 8.14. The number of aliphatic hydroxyl groups is 1. The number of nitrogens with one attached hydrogen (secondary N) is 2. The SMILES string of the molecule is O=C(NCCc1cccc(F)c1)NCc1ccc(CO)cc1. The topological polar surface area (TPSA) is 61.4 Å². The van der Waals surface area contributed by atoms with Gasteiger partial charge < -0.3 is 15.7 Å². The van der Waals surface area contributed by atoms with Gasteiger partial charge in [0.15, 0.2) is 0 Å². The first kappa shape index (κ1) is 16.0. The van der Waals surface area contributed by atoms with Crippen molar-refractivity contribution in [1.29, 1.82) is 0 Å². The van der Waals surface area contributed by atoms with Crippen LogP contribution in [0.5, 0.6) is 0 Å². The van der Waals surface area contributed by atoms with Crippen molar-refractivity contribution in [3.8, 4) is 0 Å². The number of halogens is 1. The van der Waals surface area contributed by atoms with Crippen LogP contribution in [0.3, 0.4) is 0 Å². The van der Waals surface area contributed by atoms with E-state index in [4.69, 9.17) is 5.11 Å². The lowest BCUT2D eigenvalue weighted by atomic mass is 10.1. The molecule has 0 aliphatic rings. The Hall–Kier alpha value is -2.40.